The van der Waals surface area contributed by atoms with Crippen molar-refractivity contribution >= 4 is 15.9 Å². The number of aryl methyl sites for hydroxylation is 2. The first-order chi connectivity index (χ1) is 10.1. The van der Waals surface area contributed by atoms with Crippen LogP contribution in [0.3, 0.4) is 0 Å². The summed E-state index contributed by atoms with van der Waals surface area (Å²) < 4.78 is 1.20. The van der Waals surface area contributed by atoms with Crippen LogP contribution in [0.1, 0.15) is 29.2 Å². The van der Waals surface area contributed by atoms with Crippen LogP contribution in [0.25, 0.3) is 0 Å². The molecule has 0 radical (unpaired) electrons. The lowest BCUT2D eigenvalue weighted by Crippen LogP contribution is -2.33. The van der Waals surface area contributed by atoms with E-state index in [4.69, 9.17) is 0 Å². The van der Waals surface area contributed by atoms with E-state index >= 15 is 0 Å². The second-order valence-electron chi connectivity index (χ2n) is 5.68. The minimum absolute atomic E-state index is 0.467. The topological polar surface area (TPSA) is 12.0 Å². The summed E-state index contributed by atoms with van der Waals surface area (Å²) in [7, 11) is 0. The highest BCUT2D eigenvalue weighted by Crippen LogP contribution is 2.20. The van der Waals surface area contributed by atoms with Gasteiger partial charge in [0.2, 0.25) is 0 Å². The summed E-state index contributed by atoms with van der Waals surface area (Å²) in [6.45, 7) is 7.55. The zero-order chi connectivity index (χ0) is 15.2. The Morgan fingerprint density at radius 3 is 2.43 bits per heavy atom. The lowest BCUT2D eigenvalue weighted by molar-refractivity contribution is 0.520. The number of hydrogen-bond donors (Lipinski definition) is 1. The molecule has 1 unspecified atom stereocenters. The molecular weight excluding hydrogens is 322 g/mol. The molecule has 0 saturated heterocycles. The number of benzene rings is 2. The molecule has 1 nitrogen and oxygen atoms in total. The van der Waals surface area contributed by atoms with E-state index < -0.39 is 0 Å². The van der Waals surface area contributed by atoms with Gasteiger partial charge in [-0.3, -0.25) is 0 Å². The van der Waals surface area contributed by atoms with Crippen LogP contribution in [-0.4, -0.2) is 12.6 Å². The maximum atomic E-state index is 3.66. The Bertz CT molecular complexity index is 592. The van der Waals surface area contributed by atoms with E-state index in [0.29, 0.717) is 6.04 Å². The Morgan fingerprint density at radius 1 is 1.00 bits per heavy atom. The average molecular weight is 346 g/mol. The molecule has 0 aliphatic heterocycles. The van der Waals surface area contributed by atoms with Crippen molar-refractivity contribution in [3.63, 3.8) is 0 Å². The fraction of sp³-hybridized carbons (Fsp3) is 0.368. The molecule has 0 amide bonds. The molecule has 112 valence electrons. The molecule has 0 spiro atoms. The minimum Gasteiger partial charge on any atom is -0.314 e. The molecule has 21 heavy (non-hydrogen) atoms. The molecule has 0 aliphatic carbocycles. The van der Waals surface area contributed by atoms with Gasteiger partial charge in [0.1, 0.15) is 0 Å². The zero-order valence-corrected chi connectivity index (χ0v) is 14.7. The Labute approximate surface area is 136 Å². The minimum atomic E-state index is 0.467. The normalized spacial score (nSPS) is 12.4. The molecule has 1 atom stereocenters. The largest absolute Gasteiger partial charge is 0.314 e. The Morgan fingerprint density at radius 2 is 1.71 bits per heavy atom. The van der Waals surface area contributed by atoms with Crippen molar-refractivity contribution in [3.05, 3.63) is 69.2 Å². The van der Waals surface area contributed by atoms with Crippen molar-refractivity contribution in [2.24, 2.45) is 0 Å². The number of nitrogens with one attached hydrogen (secondary N) is 1. The standard InChI is InChI=1S/C19H24BrN/c1-4-21-18(12-16-7-5-6-8-19(16)20)13-17-11-14(2)9-10-15(17)3/h5-11,18,21H,4,12-13H2,1-3H3. The first kappa shape index (κ1) is 16.3. The third-order valence-electron chi connectivity index (χ3n) is 3.89. The van der Waals surface area contributed by atoms with Crippen molar-refractivity contribution in [2.45, 2.75) is 39.7 Å². The van der Waals surface area contributed by atoms with Crippen LogP contribution in [0.4, 0.5) is 0 Å². The number of hydrogen-bond acceptors (Lipinski definition) is 1. The second-order valence-corrected chi connectivity index (χ2v) is 6.54. The molecule has 0 saturated carbocycles. The molecule has 0 aliphatic rings. The van der Waals surface area contributed by atoms with Crippen molar-refractivity contribution in [2.75, 3.05) is 6.54 Å². The van der Waals surface area contributed by atoms with Crippen LogP contribution in [0.15, 0.2) is 46.9 Å². The van der Waals surface area contributed by atoms with Gasteiger partial charge < -0.3 is 5.32 Å². The van der Waals surface area contributed by atoms with E-state index in [0.717, 1.165) is 19.4 Å². The lowest BCUT2D eigenvalue weighted by Gasteiger charge is -2.20. The highest BCUT2D eigenvalue weighted by Gasteiger charge is 2.12. The molecule has 0 aromatic heterocycles. The van der Waals surface area contributed by atoms with Crippen LogP contribution >= 0.6 is 15.9 Å². The fourth-order valence-corrected chi connectivity index (χ4v) is 3.17. The first-order valence-corrected chi connectivity index (χ1v) is 8.42. The van der Waals surface area contributed by atoms with E-state index in [9.17, 15) is 0 Å². The van der Waals surface area contributed by atoms with E-state index in [1.165, 1.54) is 26.7 Å². The second kappa shape index (κ2) is 7.77. The summed E-state index contributed by atoms with van der Waals surface area (Å²) in [4.78, 5) is 0. The lowest BCUT2D eigenvalue weighted by atomic mass is 9.95. The SMILES string of the molecule is CCNC(Cc1cc(C)ccc1C)Cc1ccccc1Br. The number of likely N-dealkylation sites (N-methyl/N-ethyl adjacent to an activating group) is 1. The molecule has 0 bridgehead atoms. The van der Waals surface area contributed by atoms with Gasteiger partial charge in [-0.05, 0) is 56.0 Å². The molecule has 0 fully saturated rings. The van der Waals surface area contributed by atoms with Gasteiger partial charge in [0.05, 0.1) is 0 Å². The summed E-state index contributed by atoms with van der Waals surface area (Å²) in [6, 6.07) is 15.7. The van der Waals surface area contributed by atoms with Gasteiger partial charge in [-0.25, -0.2) is 0 Å². The third-order valence-corrected chi connectivity index (χ3v) is 4.66. The van der Waals surface area contributed by atoms with Gasteiger partial charge in [-0.1, -0.05) is 64.8 Å². The van der Waals surface area contributed by atoms with Gasteiger partial charge in [-0.15, -0.1) is 0 Å². The van der Waals surface area contributed by atoms with Crippen molar-refractivity contribution in [1.29, 1.82) is 0 Å². The molecule has 0 heterocycles. The fourth-order valence-electron chi connectivity index (χ4n) is 2.72. The van der Waals surface area contributed by atoms with Gasteiger partial charge in [0, 0.05) is 10.5 Å². The summed E-state index contributed by atoms with van der Waals surface area (Å²) >= 11 is 3.66. The van der Waals surface area contributed by atoms with Crippen molar-refractivity contribution in [3.8, 4) is 0 Å². The van der Waals surface area contributed by atoms with E-state index in [1.54, 1.807) is 0 Å². The van der Waals surface area contributed by atoms with Gasteiger partial charge >= 0.3 is 0 Å². The Kier molecular flexibility index (Phi) is 6.01. The Balaban J connectivity index is 2.16. The highest BCUT2D eigenvalue weighted by molar-refractivity contribution is 9.10. The molecule has 2 rings (SSSR count). The predicted molar refractivity (Wildman–Crippen MR) is 94.9 cm³/mol. The summed E-state index contributed by atoms with van der Waals surface area (Å²) in [5, 5.41) is 3.63. The maximum Gasteiger partial charge on any atom is 0.0207 e. The van der Waals surface area contributed by atoms with E-state index in [2.05, 4.69) is 84.5 Å². The van der Waals surface area contributed by atoms with E-state index in [-0.39, 0.29) is 0 Å². The van der Waals surface area contributed by atoms with Gasteiger partial charge in [0.15, 0.2) is 0 Å². The summed E-state index contributed by atoms with van der Waals surface area (Å²) in [5.74, 6) is 0. The zero-order valence-electron chi connectivity index (χ0n) is 13.1. The molecule has 2 heteroatoms. The van der Waals surface area contributed by atoms with Crippen molar-refractivity contribution < 1.29 is 0 Å². The molecule has 1 N–H and O–H groups in total. The smallest absolute Gasteiger partial charge is 0.0207 e. The van der Waals surface area contributed by atoms with Crippen LogP contribution in [0.2, 0.25) is 0 Å². The molecule has 2 aromatic rings. The number of halogens is 1. The Hall–Kier alpha value is -1.12. The number of rotatable bonds is 6. The van der Waals surface area contributed by atoms with Crippen LogP contribution in [0, 0.1) is 13.8 Å². The summed E-state index contributed by atoms with van der Waals surface area (Å²) in [5.41, 5.74) is 5.55. The van der Waals surface area contributed by atoms with Gasteiger partial charge in [-0.2, -0.15) is 0 Å². The van der Waals surface area contributed by atoms with Crippen LogP contribution < -0.4 is 5.32 Å². The molecule has 2 aromatic carbocycles. The molecular formula is C19H24BrN. The average Bonchev–Trinajstić information content (AvgIpc) is 2.45. The van der Waals surface area contributed by atoms with Crippen molar-refractivity contribution in [1.82, 2.24) is 5.32 Å². The third kappa shape index (κ3) is 4.69. The van der Waals surface area contributed by atoms with Crippen LogP contribution in [-0.2, 0) is 12.8 Å². The van der Waals surface area contributed by atoms with Crippen LogP contribution in [0.5, 0.6) is 0 Å². The monoisotopic (exact) mass is 345 g/mol. The summed E-state index contributed by atoms with van der Waals surface area (Å²) in [6.07, 6.45) is 2.12. The highest BCUT2D eigenvalue weighted by atomic mass is 79.9. The first-order valence-electron chi connectivity index (χ1n) is 7.63. The van der Waals surface area contributed by atoms with E-state index in [1.807, 2.05) is 0 Å². The predicted octanol–water partition coefficient (Wildman–Crippen LogP) is 4.83. The van der Waals surface area contributed by atoms with Gasteiger partial charge in [0.25, 0.3) is 0 Å². The quantitative estimate of drug-likeness (QED) is 0.790. The maximum absolute atomic E-state index is 3.66.